The largest absolute Gasteiger partial charge is 0.467 e. The van der Waals surface area contributed by atoms with Gasteiger partial charge in [-0.05, 0) is 103 Å². The average molecular weight is 1270 g/mol. The van der Waals surface area contributed by atoms with Crippen LogP contribution < -0.4 is 39.7 Å². The quantitative estimate of drug-likeness (QED) is 0.0771. The summed E-state index contributed by atoms with van der Waals surface area (Å²) < 4.78 is 108. The van der Waals surface area contributed by atoms with Crippen LogP contribution in [0.15, 0.2) is 94.1 Å². The van der Waals surface area contributed by atoms with Gasteiger partial charge in [0.1, 0.15) is 71.0 Å². The Labute approximate surface area is 508 Å². The van der Waals surface area contributed by atoms with Crippen molar-refractivity contribution < 1.29 is 94.9 Å². The third kappa shape index (κ3) is 16.3. The zero-order chi connectivity index (χ0) is 64.3. The topological polar surface area (TPSA) is 464 Å². The molecule has 0 aromatic heterocycles. The first-order valence-electron chi connectivity index (χ1n) is 28.8. The zero-order valence-corrected chi connectivity index (χ0v) is 51.8. The van der Waals surface area contributed by atoms with Gasteiger partial charge in [0.15, 0.2) is 12.6 Å². The molecular formula is C56H91N9O20S2. The predicted molar refractivity (Wildman–Crippen MR) is 311 cm³/mol. The molecular weight excluding hydrogens is 1180 g/mol. The number of aliphatic hydroxyl groups excluding tert-OH is 4. The second-order valence-electron chi connectivity index (χ2n) is 24.5. The van der Waals surface area contributed by atoms with Crippen LogP contribution in [0, 0.1) is 5.92 Å². The van der Waals surface area contributed by atoms with E-state index in [1.54, 1.807) is 69.3 Å². The van der Waals surface area contributed by atoms with Crippen LogP contribution >= 0.6 is 0 Å². The summed E-state index contributed by atoms with van der Waals surface area (Å²) in [6, 6.07) is 9.10. The Morgan fingerprint density at radius 2 is 1.00 bits per heavy atom. The maximum absolute atomic E-state index is 13.4. The fraction of sp³-hybridized carbons (Fsp3) is 0.696. The lowest BCUT2D eigenvalue weighted by Gasteiger charge is -2.49. The lowest BCUT2D eigenvalue weighted by Crippen LogP contribution is -2.69. The lowest BCUT2D eigenvalue weighted by molar-refractivity contribution is -0.310. The van der Waals surface area contributed by atoms with E-state index in [1.807, 2.05) is 6.92 Å². The average Bonchev–Trinajstić information content (AvgIpc) is 0.841. The maximum atomic E-state index is 13.4. The highest BCUT2D eigenvalue weighted by atomic mass is 32.2. The molecule has 0 radical (unpaired) electrons. The first-order valence-corrected chi connectivity index (χ1v) is 31.7. The molecule has 0 spiro atoms. The third-order valence-corrected chi connectivity index (χ3v) is 20.0. The third-order valence-electron chi connectivity index (χ3n) is 16.2. The van der Waals surface area contributed by atoms with Crippen LogP contribution in [-0.4, -0.2) is 236 Å². The Bertz CT molecular complexity index is 2880. The number of rotatable bonds is 17. The van der Waals surface area contributed by atoms with Gasteiger partial charge in [-0.3, -0.25) is 0 Å². The van der Waals surface area contributed by atoms with Crippen LogP contribution in [0.1, 0.15) is 67.2 Å². The van der Waals surface area contributed by atoms with Gasteiger partial charge in [-0.1, -0.05) is 43.3 Å². The van der Waals surface area contributed by atoms with E-state index in [-0.39, 0.29) is 48.4 Å². The van der Waals surface area contributed by atoms with Gasteiger partial charge in [-0.15, -0.1) is 0 Å². The van der Waals surface area contributed by atoms with E-state index < -0.39 is 159 Å². The highest BCUT2D eigenvalue weighted by Crippen LogP contribution is 2.38. The minimum absolute atomic E-state index is 0.0149. The number of amides is 1. The molecule has 1 amide bonds. The molecule has 0 unspecified atom stereocenters. The van der Waals surface area contributed by atoms with Gasteiger partial charge < -0.3 is 113 Å². The first kappa shape index (κ1) is 70.3. The Balaban J connectivity index is 0.000000252. The van der Waals surface area contributed by atoms with E-state index >= 15 is 0 Å². The summed E-state index contributed by atoms with van der Waals surface area (Å²) in [7, 11) is -5.74. The summed E-state index contributed by atoms with van der Waals surface area (Å²) in [5, 5.41) is 70.5. The predicted octanol–water partition coefficient (Wildman–Crippen LogP) is -2.63. The van der Waals surface area contributed by atoms with Crippen molar-refractivity contribution in [2.24, 2.45) is 40.3 Å². The molecule has 19 N–H and O–H groups in total. The van der Waals surface area contributed by atoms with Gasteiger partial charge in [-0.2, -0.15) is 8.61 Å². The number of hydrogen-bond acceptors (Lipinski definition) is 26. The van der Waals surface area contributed by atoms with Crippen molar-refractivity contribution in [1.82, 2.24) is 13.9 Å². The molecule has 4 heterocycles. The van der Waals surface area contributed by atoms with Crippen LogP contribution in [0.2, 0.25) is 0 Å². The number of nitrogens with two attached hydrogens (primary N) is 6. The molecule has 2 saturated heterocycles. The molecule has 87 heavy (non-hydrogen) atoms. The molecule has 0 bridgehead atoms. The van der Waals surface area contributed by atoms with Gasteiger partial charge >= 0.3 is 6.09 Å². The Kier molecular flexibility index (Phi) is 23.1. The molecule has 22 atom stereocenters. The van der Waals surface area contributed by atoms with Crippen molar-refractivity contribution >= 4 is 26.1 Å². The van der Waals surface area contributed by atoms with E-state index in [4.69, 9.17) is 77.0 Å². The van der Waals surface area contributed by atoms with E-state index in [0.717, 1.165) is 8.61 Å². The molecule has 8 rings (SSSR count). The van der Waals surface area contributed by atoms with E-state index in [2.05, 4.69) is 5.32 Å². The van der Waals surface area contributed by atoms with Crippen molar-refractivity contribution in [3.63, 3.8) is 0 Å². The number of carbonyl (C=O) groups is 1. The molecule has 4 aliphatic heterocycles. The van der Waals surface area contributed by atoms with Gasteiger partial charge in [0.25, 0.3) is 0 Å². The lowest BCUT2D eigenvalue weighted by atomic mass is 9.80. The molecule has 6 aliphatic rings. The number of benzene rings is 2. The number of hydrogen-bond donors (Lipinski definition) is 13. The van der Waals surface area contributed by atoms with Crippen LogP contribution in [0.25, 0.3) is 0 Å². The monoisotopic (exact) mass is 1270 g/mol. The number of nitrogens with one attached hydrogen (secondary N) is 1. The second kappa shape index (κ2) is 28.6. The van der Waals surface area contributed by atoms with Crippen molar-refractivity contribution in [2.75, 3.05) is 40.4 Å². The number of likely N-dealkylation sites (N-methyl/N-ethyl adjacent to an activating group) is 2. The smallest absolute Gasteiger partial charge is 0.408 e. The highest BCUT2D eigenvalue weighted by molar-refractivity contribution is 7.89. The Morgan fingerprint density at radius 1 is 0.609 bits per heavy atom. The van der Waals surface area contributed by atoms with Gasteiger partial charge in [0.2, 0.25) is 32.6 Å². The highest BCUT2D eigenvalue weighted by Gasteiger charge is 2.56. The minimum atomic E-state index is -4.14. The number of aliphatic hydroxyl groups is 6. The molecule has 2 aromatic rings. The fourth-order valence-electron chi connectivity index (χ4n) is 11.7. The summed E-state index contributed by atoms with van der Waals surface area (Å²) in [5.74, 6) is 0.651. The SMILES string of the molecule is CN([C@@H]1[C@@H](O)[C@@H](O[C@@H]2[C@@H](O)[C@H](O[C@H]3OC(CN)=CC[C@H]3N)[C@@H](N)C[C@H]2N)OC[C@]1(C)O)S(=O)(=O)c1ccccc1.C[C@H]1C[C@@H](N)[C@H](O[C@H]2OC[C@](C)(O)[C@H](N(C)S(=O)(=O)c3ccccc3)[C@H]2O)[C@@H](O)[C@@H]1O[C@H]1OC(CN)=CC[C@H]1NC(=O)OC(C)(C)C. The summed E-state index contributed by atoms with van der Waals surface area (Å²) >= 11 is 0. The molecule has 31 heteroatoms. The molecule has 4 fully saturated rings. The number of alkyl carbamates (subject to hydrolysis) is 1. The van der Waals surface area contributed by atoms with Crippen LogP contribution in [0.5, 0.6) is 0 Å². The van der Waals surface area contributed by atoms with E-state index in [1.165, 1.54) is 52.2 Å². The Hall–Kier alpha value is -4.11. The Morgan fingerprint density at radius 3 is 1.44 bits per heavy atom. The normalized spacial score (nSPS) is 38.6. The van der Waals surface area contributed by atoms with E-state index in [0.29, 0.717) is 30.8 Å². The van der Waals surface area contributed by atoms with Gasteiger partial charge in [0, 0.05) is 32.2 Å². The molecule has 2 aromatic carbocycles. The molecule has 2 saturated carbocycles. The number of carbonyl (C=O) groups excluding carboxylic acids is 1. The van der Waals surface area contributed by atoms with Crippen molar-refractivity contribution in [3.05, 3.63) is 84.3 Å². The number of ether oxygens (including phenoxy) is 9. The molecule has 29 nitrogen and oxygen atoms in total. The van der Waals surface area contributed by atoms with Crippen molar-refractivity contribution in [1.29, 1.82) is 0 Å². The number of sulfonamides is 2. The molecule has 2 aliphatic carbocycles. The van der Waals surface area contributed by atoms with Crippen LogP contribution in [-0.2, 0) is 62.7 Å². The maximum Gasteiger partial charge on any atom is 0.408 e. The summed E-state index contributed by atoms with van der Waals surface area (Å²) in [6.45, 7) is 9.26. The van der Waals surface area contributed by atoms with Gasteiger partial charge in [0.05, 0.1) is 66.4 Å². The number of nitrogens with zero attached hydrogens (tertiary/aromatic N) is 2. The molecule has 492 valence electrons. The van der Waals surface area contributed by atoms with Gasteiger partial charge in [-0.25, -0.2) is 21.6 Å². The van der Waals surface area contributed by atoms with E-state index in [9.17, 15) is 52.3 Å². The zero-order valence-electron chi connectivity index (χ0n) is 50.2. The summed E-state index contributed by atoms with van der Waals surface area (Å²) in [6.07, 6.45) is -11.0. The second-order valence-corrected chi connectivity index (χ2v) is 28.5. The first-order chi connectivity index (χ1) is 40.6. The minimum Gasteiger partial charge on any atom is -0.467 e. The van der Waals surface area contributed by atoms with Crippen molar-refractivity contribution in [3.8, 4) is 0 Å². The summed E-state index contributed by atoms with van der Waals surface area (Å²) in [4.78, 5) is 12.5. The standard InChI is InChI=1S/C31H50N4O11S.C25H41N5O9S/c1-17-14-20(33)25(22(36)24(17)44-27-21(13-12-18(15-32)43-27)34-29(38)46-30(2,3)4)45-28-23(37)26(31(5,39)16-42-28)35(6)47(40,41)19-10-8-7-9-11-19;1-25(33)12-36-24(19(32)22(25)30(2)40(34,35)14-6-4-3-5-7-14)39-21-17(29)10-16(28)20(18(21)31)38-23-15(27)9-8-13(11-26)37-23/h7-12,17,20-28,36-37,39H,13-16,32-33H2,1-6H3,(H,34,38);3-8,15-24,31-33H,9-12,26-29H2,1-2H3/t17-,20+,21+,22-,23+,24+,25-,26+,27+,28+,31-;15-,16+,17-,18+,19-,20-,21+,22-,23-,24-,25+/m01/s1. The van der Waals surface area contributed by atoms with Crippen molar-refractivity contribution in [2.45, 2.75) is 210 Å². The fourth-order valence-corrected chi connectivity index (χ4v) is 14.7. The van der Waals surface area contributed by atoms with Crippen LogP contribution in [0.4, 0.5) is 4.79 Å². The van der Waals surface area contributed by atoms with Crippen LogP contribution in [0.3, 0.4) is 0 Å². The summed E-state index contributed by atoms with van der Waals surface area (Å²) in [5.41, 5.74) is 32.3.